The molecule has 1 aliphatic rings. The van der Waals surface area contributed by atoms with E-state index in [9.17, 15) is 5.11 Å². The number of halogens is 1. The second-order valence-electron chi connectivity index (χ2n) is 4.78. The summed E-state index contributed by atoms with van der Waals surface area (Å²) in [6, 6.07) is 5.70. The Bertz CT molecular complexity index is 380. The van der Waals surface area contributed by atoms with Crippen molar-refractivity contribution in [3.8, 4) is 0 Å². The minimum Gasteiger partial charge on any atom is -0.392 e. The summed E-state index contributed by atoms with van der Waals surface area (Å²) >= 11 is 5.91. The number of hydrogen-bond donors (Lipinski definition) is 1. The molecule has 3 heteroatoms. The largest absolute Gasteiger partial charge is 0.392 e. The number of aliphatic hydroxyl groups excluding tert-OH is 1. The molecule has 1 aliphatic carbocycles. The minimum atomic E-state index is 0.0421. The smallest absolute Gasteiger partial charge is 0.0702 e. The number of rotatable bonds is 4. The van der Waals surface area contributed by atoms with Gasteiger partial charge in [0.1, 0.15) is 0 Å². The predicted molar refractivity (Wildman–Crippen MR) is 67.9 cm³/mol. The van der Waals surface area contributed by atoms with E-state index in [1.54, 1.807) is 0 Å². The van der Waals surface area contributed by atoms with Crippen LogP contribution in [-0.4, -0.2) is 18.7 Å². The third-order valence-electron chi connectivity index (χ3n) is 3.41. The lowest BCUT2D eigenvalue weighted by Gasteiger charge is -2.22. The van der Waals surface area contributed by atoms with Crippen LogP contribution in [0.15, 0.2) is 18.2 Å². The number of benzene rings is 1. The maximum absolute atomic E-state index is 9.31. The fourth-order valence-corrected chi connectivity index (χ4v) is 2.35. The van der Waals surface area contributed by atoms with Crippen LogP contribution < -0.4 is 4.90 Å². The van der Waals surface area contributed by atoms with Gasteiger partial charge in [-0.1, -0.05) is 18.5 Å². The molecule has 16 heavy (non-hydrogen) atoms. The van der Waals surface area contributed by atoms with Gasteiger partial charge in [0.05, 0.1) is 6.61 Å². The van der Waals surface area contributed by atoms with Gasteiger partial charge in [0.2, 0.25) is 0 Å². The Morgan fingerprint density at radius 2 is 2.19 bits per heavy atom. The minimum absolute atomic E-state index is 0.0421. The lowest BCUT2D eigenvalue weighted by atomic mass is 10.1. The summed E-state index contributed by atoms with van der Waals surface area (Å²) in [5, 5.41) is 9.99. The van der Waals surface area contributed by atoms with E-state index in [2.05, 4.69) is 18.9 Å². The fraction of sp³-hybridized carbons (Fsp3) is 0.538. The van der Waals surface area contributed by atoms with Gasteiger partial charge in [0, 0.05) is 29.9 Å². The van der Waals surface area contributed by atoms with Crippen LogP contribution in [0, 0.1) is 11.8 Å². The molecule has 88 valence electrons. The Morgan fingerprint density at radius 1 is 1.50 bits per heavy atom. The Labute approximate surface area is 102 Å². The molecular formula is C13H18ClNO. The molecule has 2 nitrogen and oxygen atoms in total. The zero-order valence-corrected chi connectivity index (χ0v) is 10.5. The zero-order valence-electron chi connectivity index (χ0n) is 9.78. The summed E-state index contributed by atoms with van der Waals surface area (Å²) < 4.78 is 0. The van der Waals surface area contributed by atoms with Gasteiger partial charge in [-0.05, 0) is 36.5 Å². The van der Waals surface area contributed by atoms with Gasteiger partial charge in [-0.25, -0.2) is 0 Å². The quantitative estimate of drug-likeness (QED) is 0.874. The molecule has 0 heterocycles. The van der Waals surface area contributed by atoms with Crippen molar-refractivity contribution in [2.45, 2.75) is 20.0 Å². The van der Waals surface area contributed by atoms with Gasteiger partial charge in [0.15, 0.2) is 0 Å². The van der Waals surface area contributed by atoms with E-state index in [4.69, 9.17) is 11.6 Å². The summed E-state index contributed by atoms with van der Waals surface area (Å²) in [7, 11) is 2.08. The average molecular weight is 240 g/mol. The SMILES string of the molecule is CC1CC1CN(C)c1ccc(Cl)cc1CO. The third kappa shape index (κ3) is 2.50. The van der Waals surface area contributed by atoms with Crippen LogP contribution >= 0.6 is 11.6 Å². The van der Waals surface area contributed by atoms with Crippen molar-refractivity contribution in [1.82, 2.24) is 0 Å². The number of anilines is 1. The van der Waals surface area contributed by atoms with Crippen molar-refractivity contribution in [3.63, 3.8) is 0 Å². The first-order chi connectivity index (χ1) is 7.61. The lowest BCUT2D eigenvalue weighted by molar-refractivity contribution is 0.282. The topological polar surface area (TPSA) is 23.5 Å². The molecule has 0 spiro atoms. The van der Waals surface area contributed by atoms with Gasteiger partial charge < -0.3 is 10.0 Å². The Morgan fingerprint density at radius 3 is 2.75 bits per heavy atom. The van der Waals surface area contributed by atoms with E-state index in [-0.39, 0.29) is 6.61 Å². The first-order valence-corrected chi connectivity index (χ1v) is 6.10. The average Bonchev–Trinajstić information content (AvgIpc) is 2.93. The van der Waals surface area contributed by atoms with Crippen LogP contribution in [0.1, 0.15) is 18.9 Å². The molecule has 2 unspecified atom stereocenters. The van der Waals surface area contributed by atoms with Crippen LogP contribution in [0.3, 0.4) is 0 Å². The number of hydrogen-bond acceptors (Lipinski definition) is 2. The first-order valence-electron chi connectivity index (χ1n) is 5.72. The molecule has 1 aromatic rings. The molecule has 2 rings (SSSR count). The molecule has 0 aromatic heterocycles. The van der Waals surface area contributed by atoms with Crippen molar-refractivity contribution in [2.24, 2.45) is 11.8 Å². The first kappa shape index (κ1) is 11.7. The van der Waals surface area contributed by atoms with Crippen molar-refractivity contribution in [1.29, 1.82) is 0 Å². The lowest BCUT2D eigenvalue weighted by Crippen LogP contribution is -2.21. The summed E-state index contributed by atoms with van der Waals surface area (Å²) in [5.41, 5.74) is 1.99. The second kappa shape index (κ2) is 4.64. The molecule has 1 N–H and O–H groups in total. The monoisotopic (exact) mass is 239 g/mol. The van der Waals surface area contributed by atoms with Gasteiger partial charge >= 0.3 is 0 Å². The molecule has 2 atom stereocenters. The molecule has 1 aromatic carbocycles. The van der Waals surface area contributed by atoms with E-state index in [1.165, 1.54) is 6.42 Å². The highest BCUT2D eigenvalue weighted by Gasteiger charge is 2.33. The standard InChI is InChI=1S/C13H18ClNO/c1-9-5-10(9)7-15(2)13-4-3-12(14)6-11(13)8-16/h3-4,6,9-10,16H,5,7-8H2,1-2H3. The predicted octanol–water partition coefficient (Wildman–Crippen LogP) is 2.92. The molecule has 0 radical (unpaired) electrons. The van der Waals surface area contributed by atoms with Gasteiger partial charge in [-0.3, -0.25) is 0 Å². The molecule has 0 saturated heterocycles. The Hall–Kier alpha value is -0.730. The van der Waals surface area contributed by atoms with Crippen molar-refractivity contribution >= 4 is 17.3 Å². The summed E-state index contributed by atoms with van der Waals surface area (Å²) in [5.74, 6) is 1.67. The van der Waals surface area contributed by atoms with Gasteiger partial charge in [-0.15, -0.1) is 0 Å². The van der Waals surface area contributed by atoms with Crippen molar-refractivity contribution < 1.29 is 5.11 Å². The highest BCUT2D eigenvalue weighted by Crippen LogP contribution is 2.39. The van der Waals surface area contributed by atoms with Crippen LogP contribution in [0.2, 0.25) is 5.02 Å². The molecule has 1 saturated carbocycles. The van der Waals surface area contributed by atoms with E-state index < -0.39 is 0 Å². The Kier molecular flexibility index (Phi) is 3.41. The summed E-state index contributed by atoms with van der Waals surface area (Å²) in [4.78, 5) is 2.22. The highest BCUT2D eigenvalue weighted by molar-refractivity contribution is 6.30. The van der Waals surface area contributed by atoms with E-state index in [0.717, 1.165) is 29.6 Å². The Balaban J connectivity index is 2.12. The maximum Gasteiger partial charge on any atom is 0.0702 e. The van der Waals surface area contributed by atoms with Gasteiger partial charge in [0.25, 0.3) is 0 Å². The molecular weight excluding hydrogens is 222 g/mol. The van der Waals surface area contributed by atoms with Crippen LogP contribution in [0.25, 0.3) is 0 Å². The van der Waals surface area contributed by atoms with Crippen LogP contribution in [0.4, 0.5) is 5.69 Å². The summed E-state index contributed by atoms with van der Waals surface area (Å²) in [6.07, 6.45) is 1.33. The zero-order chi connectivity index (χ0) is 11.7. The van der Waals surface area contributed by atoms with Crippen LogP contribution in [0.5, 0.6) is 0 Å². The maximum atomic E-state index is 9.31. The second-order valence-corrected chi connectivity index (χ2v) is 5.22. The van der Waals surface area contributed by atoms with E-state index >= 15 is 0 Å². The number of aliphatic hydroxyl groups is 1. The van der Waals surface area contributed by atoms with E-state index in [1.807, 2.05) is 18.2 Å². The third-order valence-corrected chi connectivity index (χ3v) is 3.64. The fourth-order valence-electron chi connectivity index (χ4n) is 2.16. The number of nitrogens with zero attached hydrogens (tertiary/aromatic N) is 1. The van der Waals surface area contributed by atoms with Crippen LogP contribution in [-0.2, 0) is 6.61 Å². The summed E-state index contributed by atoms with van der Waals surface area (Å²) in [6.45, 7) is 3.39. The molecule has 1 fully saturated rings. The normalized spacial score (nSPS) is 23.2. The highest BCUT2D eigenvalue weighted by atomic mass is 35.5. The molecule has 0 aliphatic heterocycles. The molecule has 0 amide bonds. The van der Waals surface area contributed by atoms with Crippen molar-refractivity contribution in [2.75, 3.05) is 18.5 Å². The van der Waals surface area contributed by atoms with Gasteiger partial charge in [-0.2, -0.15) is 0 Å². The van der Waals surface area contributed by atoms with E-state index in [0.29, 0.717) is 5.02 Å². The van der Waals surface area contributed by atoms with Crippen molar-refractivity contribution in [3.05, 3.63) is 28.8 Å². The molecule has 0 bridgehead atoms.